The van der Waals surface area contributed by atoms with Crippen molar-refractivity contribution in [2.75, 3.05) is 13.6 Å². The van der Waals surface area contributed by atoms with E-state index >= 15 is 0 Å². The third-order valence-electron chi connectivity index (χ3n) is 2.32. The lowest BCUT2D eigenvalue weighted by atomic mass is 9.97. The molecule has 0 aromatic heterocycles. The molecule has 80 valence electrons. The lowest BCUT2D eigenvalue weighted by Crippen LogP contribution is -2.34. The number of rotatable bonds is 4. The molecule has 1 unspecified atom stereocenters. The van der Waals surface area contributed by atoms with Crippen molar-refractivity contribution in [3.05, 3.63) is 24.3 Å². The lowest BCUT2D eigenvalue weighted by molar-refractivity contribution is 0.432. The molecule has 0 heterocycles. The van der Waals surface area contributed by atoms with Crippen LogP contribution in [-0.2, 0) is 10.2 Å². The van der Waals surface area contributed by atoms with Gasteiger partial charge in [-0.3, -0.25) is 0 Å². The Balaban J connectivity index is 2.34. The summed E-state index contributed by atoms with van der Waals surface area (Å²) in [6, 6.07) is 0. The topological polar surface area (TPSA) is 63.4 Å². The van der Waals surface area contributed by atoms with E-state index in [1.54, 1.807) is 0 Å². The Kier molecular flexibility index (Phi) is 3.86. The molecule has 0 radical (unpaired) electrons. The summed E-state index contributed by atoms with van der Waals surface area (Å²) >= 11 is 0. The first-order chi connectivity index (χ1) is 6.50. The molecule has 1 aliphatic carbocycles. The minimum atomic E-state index is -3.51. The second-order valence-corrected chi connectivity index (χ2v) is 5.12. The third kappa shape index (κ3) is 3.61. The maximum atomic E-state index is 10.9. The van der Waals surface area contributed by atoms with Gasteiger partial charge in [0.1, 0.15) is 0 Å². The van der Waals surface area contributed by atoms with Crippen molar-refractivity contribution in [2.24, 2.45) is 11.1 Å². The molecule has 0 aromatic carbocycles. The highest BCUT2D eigenvalue weighted by Gasteiger charge is 2.13. The van der Waals surface area contributed by atoms with E-state index in [0.29, 0.717) is 12.5 Å². The van der Waals surface area contributed by atoms with E-state index in [9.17, 15) is 8.42 Å². The summed E-state index contributed by atoms with van der Waals surface area (Å²) in [5.41, 5.74) is 0. The lowest BCUT2D eigenvalue weighted by Gasteiger charge is -2.17. The van der Waals surface area contributed by atoms with Crippen molar-refractivity contribution in [1.29, 1.82) is 0 Å². The minimum absolute atomic E-state index is 0.434. The summed E-state index contributed by atoms with van der Waals surface area (Å²) in [7, 11) is -2.01. The Morgan fingerprint density at radius 1 is 1.50 bits per heavy atom. The number of hydrogen-bond acceptors (Lipinski definition) is 2. The fourth-order valence-corrected chi connectivity index (χ4v) is 1.68. The first kappa shape index (κ1) is 11.4. The van der Waals surface area contributed by atoms with Crippen LogP contribution in [0.1, 0.15) is 12.8 Å². The fraction of sp³-hybridized carbons (Fsp3) is 0.556. The van der Waals surface area contributed by atoms with Gasteiger partial charge in [0.2, 0.25) is 0 Å². The zero-order chi connectivity index (χ0) is 10.6. The molecule has 1 aliphatic rings. The fourth-order valence-electron chi connectivity index (χ4n) is 1.32. The van der Waals surface area contributed by atoms with Gasteiger partial charge >= 0.3 is 0 Å². The van der Waals surface area contributed by atoms with E-state index in [1.165, 1.54) is 11.4 Å². The average Bonchev–Trinajstić information content (AvgIpc) is 2.14. The Bertz CT molecular complexity index is 333. The van der Waals surface area contributed by atoms with Gasteiger partial charge in [-0.2, -0.15) is 12.7 Å². The summed E-state index contributed by atoms with van der Waals surface area (Å²) < 4.78 is 22.9. The van der Waals surface area contributed by atoms with E-state index in [4.69, 9.17) is 5.14 Å². The number of allylic oxidation sites excluding steroid dienone is 4. The second-order valence-electron chi connectivity index (χ2n) is 3.46. The molecule has 2 N–H and O–H groups in total. The predicted molar refractivity (Wildman–Crippen MR) is 56.7 cm³/mol. The van der Waals surface area contributed by atoms with Gasteiger partial charge < -0.3 is 0 Å². The third-order valence-corrected chi connectivity index (χ3v) is 3.37. The highest BCUT2D eigenvalue weighted by atomic mass is 32.2. The molecular weight excluding hydrogens is 200 g/mol. The van der Waals surface area contributed by atoms with Crippen LogP contribution >= 0.6 is 0 Å². The van der Waals surface area contributed by atoms with Gasteiger partial charge in [-0.25, -0.2) is 5.14 Å². The largest absolute Gasteiger partial charge is 0.276 e. The molecule has 0 saturated carbocycles. The highest BCUT2D eigenvalue weighted by molar-refractivity contribution is 7.86. The summed E-state index contributed by atoms with van der Waals surface area (Å²) in [6.45, 7) is 0.474. The molecule has 5 heteroatoms. The quantitative estimate of drug-likeness (QED) is 0.749. The molecule has 0 amide bonds. The van der Waals surface area contributed by atoms with Crippen molar-refractivity contribution in [3.63, 3.8) is 0 Å². The van der Waals surface area contributed by atoms with E-state index in [2.05, 4.69) is 12.2 Å². The molecular formula is C9H16N2O2S. The van der Waals surface area contributed by atoms with Crippen LogP contribution in [0.5, 0.6) is 0 Å². The molecule has 14 heavy (non-hydrogen) atoms. The van der Waals surface area contributed by atoms with Gasteiger partial charge in [0.25, 0.3) is 10.2 Å². The van der Waals surface area contributed by atoms with E-state index in [-0.39, 0.29) is 0 Å². The van der Waals surface area contributed by atoms with Crippen LogP contribution in [0.15, 0.2) is 24.3 Å². The zero-order valence-electron chi connectivity index (χ0n) is 8.26. The maximum Gasteiger partial charge on any atom is 0.276 e. The molecule has 0 bridgehead atoms. The van der Waals surface area contributed by atoms with Gasteiger partial charge in [-0.15, -0.1) is 0 Å². The molecule has 1 rings (SSSR count). The predicted octanol–water partition coefficient (Wildman–Crippen LogP) is 0.644. The SMILES string of the molecule is CN(CCC1C=CC=CC1)S(N)(=O)=O. The van der Waals surface area contributed by atoms with Gasteiger partial charge in [-0.05, 0) is 18.8 Å². The molecule has 4 nitrogen and oxygen atoms in total. The number of hydrogen-bond donors (Lipinski definition) is 1. The van der Waals surface area contributed by atoms with Crippen molar-refractivity contribution < 1.29 is 8.42 Å². The van der Waals surface area contributed by atoms with E-state index in [1.807, 2.05) is 12.2 Å². The van der Waals surface area contributed by atoms with Crippen LogP contribution < -0.4 is 5.14 Å². The number of nitrogens with zero attached hydrogens (tertiary/aromatic N) is 1. The van der Waals surface area contributed by atoms with E-state index in [0.717, 1.165) is 12.8 Å². The first-order valence-electron chi connectivity index (χ1n) is 4.57. The average molecular weight is 216 g/mol. The standard InChI is InChI=1S/C9H16N2O2S/c1-11(14(10,12)13)8-7-9-5-3-2-4-6-9/h2-5,9H,6-8H2,1H3,(H2,10,12,13). The summed E-state index contributed by atoms with van der Waals surface area (Å²) in [6.07, 6.45) is 9.96. The van der Waals surface area contributed by atoms with Crippen LogP contribution in [0.25, 0.3) is 0 Å². The molecule has 0 saturated heterocycles. The summed E-state index contributed by atoms with van der Waals surface area (Å²) in [5.74, 6) is 0.434. The smallest absolute Gasteiger partial charge is 0.216 e. The van der Waals surface area contributed by atoms with Crippen molar-refractivity contribution in [3.8, 4) is 0 Å². The van der Waals surface area contributed by atoms with Gasteiger partial charge in [-0.1, -0.05) is 24.3 Å². The van der Waals surface area contributed by atoms with Crippen LogP contribution in [0.2, 0.25) is 0 Å². The monoisotopic (exact) mass is 216 g/mol. The van der Waals surface area contributed by atoms with Crippen molar-refractivity contribution in [2.45, 2.75) is 12.8 Å². The van der Waals surface area contributed by atoms with Gasteiger partial charge in [0, 0.05) is 13.6 Å². The normalized spacial score (nSPS) is 21.8. The van der Waals surface area contributed by atoms with Crippen molar-refractivity contribution in [1.82, 2.24) is 4.31 Å². The highest BCUT2D eigenvalue weighted by Crippen LogP contribution is 2.15. The van der Waals surface area contributed by atoms with E-state index < -0.39 is 10.2 Å². The van der Waals surface area contributed by atoms with Crippen molar-refractivity contribution >= 4 is 10.2 Å². The van der Waals surface area contributed by atoms with Crippen LogP contribution in [0.4, 0.5) is 0 Å². The number of nitrogens with two attached hydrogens (primary N) is 1. The molecule has 0 fully saturated rings. The first-order valence-corrected chi connectivity index (χ1v) is 6.08. The van der Waals surface area contributed by atoms with Crippen LogP contribution in [-0.4, -0.2) is 26.3 Å². The summed E-state index contributed by atoms with van der Waals surface area (Å²) in [5, 5.41) is 4.96. The zero-order valence-corrected chi connectivity index (χ0v) is 9.07. The maximum absolute atomic E-state index is 10.9. The Morgan fingerprint density at radius 3 is 2.71 bits per heavy atom. The minimum Gasteiger partial charge on any atom is -0.216 e. The molecule has 1 atom stereocenters. The van der Waals surface area contributed by atoms with Crippen LogP contribution in [0, 0.1) is 5.92 Å². The summed E-state index contributed by atoms with van der Waals surface area (Å²) in [4.78, 5) is 0. The second kappa shape index (κ2) is 4.72. The Labute approximate surface area is 85.3 Å². The molecule has 0 aromatic rings. The Hall–Kier alpha value is -0.650. The molecule has 0 aliphatic heterocycles. The van der Waals surface area contributed by atoms with Gasteiger partial charge in [0.05, 0.1) is 0 Å². The van der Waals surface area contributed by atoms with Gasteiger partial charge in [0.15, 0.2) is 0 Å². The molecule has 0 spiro atoms. The Morgan fingerprint density at radius 2 is 2.21 bits per heavy atom. The van der Waals surface area contributed by atoms with Crippen LogP contribution in [0.3, 0.4) is 0 Å².